The van der Waals surface area contributed by atoms with Crippen LogP contribution in [0.1, 0.15) is 39.0 Å². The number of ether oxygens (including phenoxy) is 2. The molecule has 0 aromatic rings. The van der Waals surface area contributed by atoms with Gasteiger partial charge >= 0.3 is 0 Å². The van der Waals surface area contributed by atoms with Gasteiger partial charge < -0.3 is 20.1 Å². The average Bonchev–Trinajstić information content (AvgIpc) is 2.66. The molecule has 2 saturated heterocycles. The molecule has 0 atom stereocenters. The van der Waals surface area contributed by atoms with Crippen molar-refractivity contribution in [3.05, 3.63) is 0 Å². The minimum atomic E-state index is -3.10. The second kappa shape index (κ2) is 11.7. The van der Waals surface area contributed by atoms with Crippen molar-refractivity contribution in [2.45, 2.75) is 50.7 Å². The number of piperidine rings is 1. The summed E-state index contributed by atoms with van der Waals surface area (Å²) in [5, 5.41) is 6.79. The van der Waals surface area contributed by atoms with Gasteiger partial charge in [0.1, 0.15) is 0 Å². The maximum Gasteiger partial charge on any atom is 0.214 e. The molecule has 2 fully saturated rings. The van der Waals surface area contributed by atoms with Crippen molar-refractivity contribution >= 4 is 40.0 Å². The fourth-order valence-electron chi connectivity index (χ4n) is 3.49. The molecule has 160 valence electrons. The highest BCUT2D eigenvalue weighted by atomic mass is 127. The highest BCUT2D eigenvalue weighted by Gasteiger charge is 2.33. The highest BCUT2D eigenvalue weighted by molar-refractivity contribution is 14.0. The summed E-state index contributed by atoms with van der Waals surface area (Å²) in [5.41, 5.74) is -0.215. The van der Waals surface area contributed by atoms with Crippen molar-refractivity contribution in [1.29, 1.82) is 0 Å². The topological polar surface area (TPSA) is 92.3 Å². The summed E-state index contributed by atoms with van der Waals surface area (Å²) < 4.78 is 37.1. The van der Waals surface area contributed by atoms with Crippen LogP contribution >= 0.6 is 24.0 Å². The number of sulfonamides is 1. The summed E-state index contributed by atoms with van der Waals surface area (Å²) in [7, 11) is 0.400. The second-order valence-corrected chi connectivity index (χ2v) is 9.15. The maximum atomic E-state index is 12.2. The van der Waals surface area contributed by atoms with E-state index in [1.165, 1.54) is 0 Å². The van der Waals surface area contributed by atoms with Crippen LogP contribution in [0.4, 0.5) is 0 Å². The monoisotopic (exact) mass is 518 g/mol. The molecule has 0 bridgehead atoms. The molecule has 0 aromatic carbocycles. The smallest absolute Gasteiger partial charge is 0.214 e. The Kier molecular flexibility index (Phi) is 10.8. The first-order valence-electron chi connectivity index (χ1n) is 9.52. The van der Waals surface area contributed by atoms with Gasteiger partial charge in [0.05, 0.1) is 11.4 Å². The summed E-state index contributed by atoms with van der Waals surface area (Å²) in [5.74, 6) is 0.972. The van der Waals surface area contributed by atoms with Gasteiger partial charge in [0, 0.05) is 65.9 Å². The van der Waals surface area contributed by atoms with E-state index in [0.29, 0.717) is 39.3 Å². The molecule has 0 radical (unpaired) electrons. The molecular weight excluding hydrogens is 483 g/mol. The quantitative estimate of drug-likeness (QED) is 0.299. The molecule has 2 N–H and O–H groups in total. The minimum absolute atomic E-state index is 0. The Morgan fingerprint density at radius 2 is 1.93 bits per heavy atom. The first kappa shape index (κ1) is 24.9. The number of guanidine groups is 1. The molecule has 0 amide bonds. The average molecular weight is 518 g/mol. The Labute approximate surface area is 180 Å². The standard InChI is InChI=1S/C17H34N4O4S.HI/c1-4-13-26(22,23)21-9-5-15(6-10-21)20-16(18-2)19-14-17(24-3)7-11-25-12-8-17;/h15H,4-14H2,1-3H3,(H2,18,19,20);1H. The van der Waals surface area contributed by atoms with Gasteiger partial charge in [-0.3, -0.25) is 4.99 Å². The third-order valence-corrected chi connectivity index (χ3v) is 7.36. The second-order valence-electron chi connectivity index (χ2n) is 7.06. The molecule has 0 saturated carbocycles. The van der Waals surface area contributed by atoms with Gasteiger partial charge in [-0.05, 0) is 19.3 Å². The number of hydrogen-bond donors (Lipinski definition) is 2. The van der Waals surface area contributed by atoms with Crippen LogP contribution in [0.2, 0.25) is 0 Å². The molecule has 2 heterocycles. The lowest BCUT2D eigenvalue weighted by Gasteiger charge is -2.37. The molecule has 0 spiro atoms. The third kappa shape index (κ3) is 7.30. The predicted octanol–water partition coefficient (Wildman–Crippen LogP) is 1.17. The van der Waals surface area contributed by atoms with Crippen molar-refractivity contribution in [3.8, 4) is 0 Å². The van der Waals surface area contributed by atoms with Gasteiger partial charge in [-0.1, -0.05) is 6.92 Å². The van der Waals surface area contributed by atoms with E-state index in [0.717, 1.165) is 31.6 Å². The van der Waals surface area contributed by atoms with Crippen molar-refractivity contribution in [2.75, 3.05) is 52.8 Å². The first-order chi connectivity index (χ1) is 12.4. The maximum absolute atomic E-state index is 12.2. The number of rotatable bonds is 7. The first-order valence-corrected chi connectivity index (χ1v) is 11.1. The van der Waals surface area contributed by atoms with Gasteiger partial charge in [0.2, 0.25) is 10.0 Å². The molecule has 8 nitrogen and oxygen atoms in total. The zero-order valence-electron chi connectivity index (χ0n) is 16.7. The van der Waals surface area contributed by atoms with Crippen LogP contribution in [0, 0.1) is 0 Å². The Morgan fingerprint density at radius 3 is 2.44 bits per heavy atom. The number of aliphatic imine (C=N–C) groups is 1. The summed E-state index contributed by atoms with van der Waals surface area (Å²) >= 11 is 0. The van der Waals surface area contributed by atoms with Crippen molar-refractivity contribution in [2.24, 2.45) is 4.99 Å². The molecule has 27 heavy (non-hydrogen) atoms. The lowest BCUT2D eigenvalue weighted by atomic mass is 9.94. The molecule has 2 aliphatic heterocycles. The summed E-state index contributed by atoms with van der Waals surface area (Å²) in [4.78, 5) is 4.30. The fraction of sp³-hybridized carbons (Fsp3) is 0.941. The fourth-order valence-corrected chi connectivity index (χ4v) is 5.04. The molecule has 0 unspecified atom stereocenters. The van der Waals surface area contributed by atoms with Crippen molar-refractivity contribution in [1.82, 2.24) is 14.9 Å². The zero-order chi connectivity index (χ0) is 19.0. The Balaban J connectivity index is 0.00000364. The molecular formula is C17H35IN4O4S. The van der Waals surface area contributed by atoms with Crippen LogP contribution in [-0.4, -0.2) is 83.1 Å². The lowest BCUT2D eigenvalue weighted by molar-refractivity contribution is -0.0855. The van der Waals surface area contributed by atoms with Crippen molar-refractivity contribution in [3.63, 3.8) is 0 Å². The number of hydrogen-bond acceptors (Lipinski definition) is 5. The van der Waals surface area contributed by atoms with Crippen LogP contribution < -0.4 is 10.6 Å². The van der Waals surface area contributed by atoms with Crippen molar-refractivity contribution < 1.29 is 17.9 Å². The van der Waals surface area contributed by atoms with Gasteiger partial charge in [-0.2, -0.15) is 0 Å². The molecule has 2 aliphatic rings. The zero-order valence-corrected chi connectivity index (χ0v) is 19.8. The Bertz CT molecular complexity index is 559. The van der Waals surface area contributed by atoms with E-state index < -0.39 is 10.0 Å². The molecule has 10 heteroatoms. The largest absolute Gasteiger partial charge is 0.381 e. The third-order valence-electron chi connectivity index (χ3n) is 5.29. The number of halogens is 1. The van der Waals surface area contributed by atoms with E-state index in [4.69, 9.17) is 9.47 Å². The van der Waals surface area contributed by atoms with Gasteiger partial charge in [0.25, 0.3) is 0 Å². The number of nitrogens with zero attached hydrogens (tertiary/aromatic N) is 2. The Hall–Kier alpha value is -0.170. The van der Waals surface area contributed by atoms with Crippen LogP contribution in [0.25, 0.3) is 0 Å². The molecule has 0 aromatic heterocycles. The summed E-state index contributed by atoms with van der Waals surface area (Å²) in [6.07, 6.45) is 3.95. The van der Waals surface area contributed by atoms with E-state index in [2.05, 4.69) is 15.6 Å². The van der Waals surface area contributed by atoms with Gasteiger partial charge in [0.15, 0.2) is 5.96 Å². The van der Waals surface area contributed by atoms with Crippen LogP contribution in [0.15, 0.2) is 4.99 Å². The Morgan fingerprint density at radius 1 is 1.30 bits per heavy atom. The predicted molar refractivity (Wildman–Crippen MR) is 118 cm³/mol. The normalized spacial score (nSPS) is 22.1. The van der Waals surface area contributed by atoms with Crippen LogP contribution in [0.3, 0.4) is 0 Å². The van der Waals surface area contributed by atoms with E-state index >= 15 is 0 Å². The SMILES string of the molecule is CCCS(=O)(=O)N1CCC(NC(=NC)NCC2(OC)CCOCC2)CC1.I. The van der Waals surface area contributed by atoms with E-state index in [1.54, 1.807) is 18.5 Å². The van der Waals surface area contributed by atoms with E-state index in [1.807, 2.05) is 6.92 Å². The lowest BCUT2D eigenvalue weighted by Crippen LogP contribution is -2.54. The summed E-state index contributed by atoms with van der Waals surface area (Å²) in [6, 6.07) is 0.225. The summed E-state index contributed by atoms with van der Waals surface area (Å²) in [6.45, 7) is 5.13. The number of methoxy groups -OCH3 is 1. The van der Waals surface area contributed by atoms with Gasteiger partial charge in [-0.15, -0.1) is 24.0 Å². The minimum Gasteiger partial charge on any atom is -0.381 e. The molecule has 0 aliphatic carbocycles. The van der Waals surface area contributed by atoms with Gasteiger partial charge in [-0.25, -0.2) is 12.7 Å². The van der Waals surface area contributed by atoms with Crippen LogP contribution in [-0.2, 0) is 19.5 Å². The highest BCUT2D eigenvalue weighted by Crippen LogP contribution is 2.23. The van der Waals surface area contributed by atoms with E-state index in [9.17, 15) is 8.42 Å². The molecule has 2 rings (SSSR count). The van der Waals surface area contributed by atoms with Crippen LogP contribution in [0.5, 0.6) is 0 Å². The number of nitrogens with one attached hydrogen (secondary N) is 2. The van der Waals surface area contributed by atoms with E-state index in [-0.39, 0.29) is 41.4 Å².